The fourth-order valence-corrected chi connectivity index (χ4v) is 13.5. The molecule has 1 heterocycles. The van der Waals surface area contributed by atoms with Crippen molar-refractivity contribution in [3.8, 4) is 0 Å². The van der Waals surface area contributed by atoms with Crippen molar-refractivity contribution in [2.24, 2.45) is 22.2 Å². The number of aliphatic hydroxyl groups is 2. The van der Waals surface area contributed by atoms with Crippen molar-refractivity contribution in [1.82, 2.24) is 10.6 Å². The molecule has 8 rings (SSSR count). The highest BCUT2D eigenvalue weighted by molar-refractivity contribution is 5.96. The molecule has 1 aliphatic heterocycles. The van der Waals surface area contributed by atoms with Crippen LogP contribution in [0, 0.1) is 22.2 Å². The summed E-state index contributed by atoms with van der Waals surface area (Å²) in [5.74, 6) is -9.05. The lowest BCUT2D eigenvalue weighted by molar-refractivity contribution is -0.346. The van der Waals surface area contributed by atoms with E-state index in [0.29, 0.717) is 12.8 Å². The van der Waals surface area contributed by atoms with Crippen LogP contribution in [0.1, 0.15) is 139 Å². The quantitative estimate of drug-likeness (QED) is 0.0281. The number of hydrogen-bond donors (Lipinski definition) is 5. The number of amides is 2. The molecule has 5 N–H and O–H groups in total. The van der Waals surface area contributed by atoms with Crippen molar-refractivity contribution in [3.05, 3.63) is 131 Å². The van der Waals surface area contributed by atoms with Crippen LogP contribution in [0.25, 0.3) is 0 Å². The molecule has 3 aromatic rings. The summed E-state index contributed by atoms with van der Waals surface area (Å²) in [6.07, 6.45) is -9.98. The van der Waals surface area contributed by atoms with Gasteiger partial charge in [-0.2, -0.15) is 0 Å². The number of ether oxygens (including phenoxy) is 9. The number of allylic oxidation sites excluding steroid dienone is 1. The molecular formula is C68H82N2O22. The number of fused-ring (bicyclic) bond motifs is 5. The zero-order chi connectivity index (χ0) is 66.9. The van der Waals surface area contributed by atoms with Gasteiger partial charge in [-0.1, -0.05) is 93.6 Å². The summed E-state index contributed by atoms with van der Waals surface area (Å²) in [6.45, 7) is 10.6. The highest BCUT2D eigenvalue weighted by Gasteiger charge is 2.78. The van der Waals surface area contributed by atoms with E-state index in [0.717, 1.165) is 13.8 Å². The Morgan fingerprint density at radius 2 is 1.37 bits per heavy atom. The van der Waals surface area contributed by atoms with Crippen molar-refractivity contribution in [1.29, 1.82) is 0 Å². The molecule has 0 radical (unpaired) electrons. The molecule has 24 heteroatoms. The van der Waals surface area contributed by atoms with E-state index in [1.54, 1.807) is 85.8 Å². The highest BCUT2D eigenvalue weighted by Crippen LogP contribution is 2.64. The van der Waals surface area contributed by atoms with Crippen molar-refractivity contribution < 1.29 is 106 Å². The first-order valence-corrected chi connectivity index (χ1v) is 30.8. The maximum atomic E-state index is 16.0. The topological polar surface area (TPSA) is 339 Å². The van der Waals surface area contributed by atoms with E-state index in [9.17, 15) is 48.6 Å². The fraction of sp³-hybridized carbons (Fsp3) is 0.529. The zero-order valence-corrected chi connectivity index (χ0v) is 52.9. The molecule has 0 aromatic heterocycles. The maximum Gasteiger partial charge on any atom is 0.509 e. The molecule has 2 amide bonds. The van der Waals surface area contributed by atoms with E-state index in [-0.39, 0.29) is 92.2 Å². The van der Waals surface area contributed by atoms with Crippen LogP contribution in [0.2, 0.25) is 0 Å². The second kappa shape index (κ2) is 29.2. The number of aliphatic hydroxyl groups excluding tert-OH is 1. The van der Waals surface area contributed by atoms with Crippen LogP contribution >= 0.6 is 0 Å². The summed E-state index contributed by atoms with van der Waals surface area (Å²) in [5.41, 5.74) is -9.17. The summed E-state index contributed by atoms with van der Waals surface area (Å²) in [5, 5.41) is 41.4. The van der Waals surface area contributed by atoms with Crippen molar-refractivity contribution in [2.75, 3.05) is 33.0 Å². The minimum Gasteiger partial charge on any atom is -0.481 e. The third-order valence-electron chi connectivity index (χ3n) is 18.7. The van der Waals surface area contributed by atoms with Crippen molar-refractivity contribution in [2.45, 2.75) is 173 Å². The van der Waals surface area contributed by atoms with Crippen LogP contribution in [0.3, 0.4) is 0 Å². The minimum atomic E-state index is -2.56. The van der Waals surface area contributed by atoms with Crippen LogP contribution in [0.5, 0.6) is 0 Å². The maximum absolute atomic E-state index is 16.0. The van der Waals surface area contributed by atoms with Gasteiger partial charge in [-0.05, 0) is 93.5 Å². The molecule has 2 bridgehead atoms. The second-order valence-electron chi connectivity index (χ2n) is 25.3. The largest absolute Gasteiger partial charge is 0.509 e. The summed E-state index contributed by atoms with van der Waals surface area (Å²) in [7, 11) is 0. The third-order valence-corrected chi connectivity index (χ3v) is 18.7. The predicted octanol–water partition coefficient (Wildman–Crippen LogP) is 6.37. The number of esters is 4. The van der Waals surface area contributed by atoms with Gasteiger partial charge in [-0.15, -0.1) is 0 Å². The molecule has 5 aliphatic rings. The lowest BCUT2D eigenvalue weighted by Crippen LogP contribution is -2.82. The van der Waals surface area contributed by atoms with Crippen LogP contribution in [-0.2, 0) is 76.2 Å². The number of carbonyl (C=O) groups is 10. The second-order valence-corrected chi connectivity index (χ2v) is 25.3. The van der Waals surface area contributed by atoms with Crippen LogP contribution < -0.4 is 10.6 Å². The summed E-state index contributed by atoms with van der Waals surface area (Å²) in [4.78, 5) is 139. The van der Waals surface area contributed by atoms with Gasteiger partial charge in [0.15, 0.2) is 17.5 Å². The molecule has 4 aliphatic carbocycles. The number of Topliss-reactive ketones (excluding diaryl/α,β-unsaturated/α-hetero) is 2. The summed E-state index contributed by atoms with van der Waals surface area (Å²) < 4.78 is 54.4. The Bertz CT molecular complexity index is 3280. The Balaban J connectivity index is 1.17. The molecule has 496 valence electrons. The van der Waals surface area contributed by atoms with Crippen molar-refractivity contribution in [3.63, 3.8) is 0 Å². The zero-order valence-electron chi connectivity index (χ0n) is 52.9. The highest BCUT2D eigenvalue weighted by atomic mass is 16.7. The van der Waals surface area contributed by atoms with E-state index in [1.807, 2.05) is 0 Å². The molecular weight excluding hydrogens is 1200 g/mol. The molecule has 14 atom stereocenters. The number of rotatable bonds is 24. The number of benzene rings is 3. The molecule has 3 aromatic carbocycles. The number of aliphatic carboxylic acids is 1. The molecule has 1 unspecified atom stereocenters. The fourth-order valence-electron chi connectivity index (χ4n) is 13.5. The smallest absolute Gasteiger partial charge is 0.481 e. The predicted molar refractivity (Wildman–Crippen MR) is 324 cm³/mol. The summed E-state index contributed by atoms with van der Waals surface area (Å²) >= 11 is 0. The lowest BCUT2D eigenvalue weighted by atomic mass is 9.44. The van der Waals surface area contributed by atoms with Crippen molar-refractivity contribution >= 4 is 59.4 Å². The van der Waals surface area contributed by atoms with Gasteiger partial charge in [0.2, 0.25) is 12.0 Å². The Kier molecular flexibility index (Phi) is 22.1. The van der Waals surface area contributed by atoms with Gasteiger partial charge in [-0.25, -0.2) is 14.4 Å². The minimum absolute atomic E-state index is 0.00446. The Morgan fingerprint density at radius 1 is 0.750 bits per heavy atom. The monoisotopic (exact) mass is 1280 g/mol. The average Bonchev–Trinajstić information content (AvgIpc) is 0.671. The first-order valence-electron chi connectivity index (χ1n) is 30.8. The van der Waals surface area contributed by atoms with Gasteiger partial charge < -0.3 is 68.6 Å². The first-order chi connectivity index (χ1) is 43.6. The van der Waals surface area contributed by atoms with E-state index in [1.165, 1.54) is 58.9 Å². The molecule has 1 saturated heterocycles. The van der Waals surface area contributed by atoms with E-state index < -0.39 is 155 Å². The van der Waals surface area contributed by atoms with E-state index in [4.69, 9.17) is 47.7 Å². The van der Waals surface area contributed by atoms with Gasteiger partial charge in [0.1, 0.15) is 41.8 Å². The van der Waals surface area contributed by atoms with E-state index >= 15 is 9.59 Å². The van der Waals surface area contributed by atoms with Crippen LogP contribution in [0.4, 0.5) is 4.79 Å². The molecule has 24 nitrogen and oxygen atoms in total. The summed E-state index contributed by atoms with van der Waals surface area (Å²) in [6, 6.07) is 21.3. The average molecular weight is 1280 g/mol. The van der Waals surface area contributed by atoms with Crippen LogP contribution in [0.15, 0.2) is 114 Å². The van der Waals surface area contributed by atoms with E-state index in [2.05, 4.69) is 10.6 Å². The Morgan fingerprint density at radius 3 is 1.96 bits per heavy atom. The Labute approximate surface area is 533 Å². The third kappa shape index (κ3) is 15.0. The molecule has 92 heavy (non-hydrogen) atoms. The number of carboxylic acids is 1. The molecule has 3 fully saturated rings. The number of carbonyl (C=O) groups excluding carboxylic acids is 9. The number of carboxylic acid groups (broad SMARTS) is 1. The standard InChI is InChI=1S/C68H82N2O22/c1-39(71)28-32-84-36-46(37-85-33-29-51(75)76)69-62(81)65(7)30-19-18-26-47(27-31-65)88-63(82)90-55(53(43-20-12-9-13-21-43)70-59(78)44-22-14-10-15-23-44)61(80)89-48-35-68(83)58(91-60(79)45-24-16-11-17-25-45)56-66(8,49(74)34-50-67(56,38-86-50)92-42(4)73)57(77)54(87-41(3)72)52(40(48)2)64(68,5)6/h9-18,20-26,46-50,53-56,58,74,83H,19,27-38H2,1-8H3,(H,69,81)(H,70,78)(H,75,76)/b26-18+/t46?,47-,48-,49-,50+,53-,54+,55+,56-,58-,65+,66+,67-,68+/m0/s1. The SMILES string of the molecule is CC(=O)CCOCC(COCCC(=O)O)NC(=O)[C@]1(C)CC/C=C/[C@H](OC(=O)O[C@@H](C(=O)O[C@H]2C[C@@]3(O)[C@@H](OC(=O)c4ccccc4)[C@@H]4[C@]5(OC(C)=O)CO[C@@H]5C[C@H](O)[C@@]4(C)C(=O)[C@H](OC(C)=O)C(=C2C)C3(C)C)[C@@H](NC(=O)c2ccccc2)c2ccccc2)CC1. The number of ketones is 2. The molecule has 2 saturated carbocycles. The van der Waals surface area contributed by atoms with Crippen LogP contribution in [-0.4, -0.2) is 168 Å². The Hall–Kier alpha value is -8.16. The van der Waals surface area contributed by atoms with Gasteiger partial charge >= 0.3 is 36.0 Å². The van der Waals surface area contributed by atoms with Gasteiger partial charge in [-0.3, -0.25) is 33.6 Å². The molecule has 0 spiro atoms. The normalized spacial score (nSPS) is 29.3. The van der Waals surface area contributed by atoms with Gasteiger partial charge in [0.25, 0.3) is 5.91 Å². The number of nitrogens with one attached hydrogen (secondary N) is 2. The number of hydrogen-bond acceptors (Lipinski definition) is 21. The lowest BCUT2D eigenvalue weighted by Gasteiger charge is -2.67. The van der Waals surface area contributed by atoms with Gasteiger partial charge in [0, 0.05) is 49.5 Å². The van der Waals surface area contributed by atoms with Gasteiger partial charge in [0.05, 0.1) is 68.5 Å². The first kappa shape index (κ1) is 69.7.